The number of Topliss-reactive ketones (excluding diaryl/α,β-unsaturated/α-hetero) is 1. The molecule has 0 radical (unpaired) electrons. The molecule has 0 spiro atoms. The van der Waals surface area contributed by atoms with Gasteiger partial charge in [0.2, 0.25) is 0 Å². The number of hydrogen-bond acceptors (Lipinski definition) is 4. The minimum Gasteiger partial charge on any atom is -0.386 e. The molecule has 1 aliphatic rings. The molecule has 0 amide bonds. The number of aliphatic hydroxyl groups excluding tert-OH is 1. The number of carbonyl (C=O) groups is 1. The zero-order chi connectivity index (χ0) is 21.6. The third-order valence-corrected chi connectivity index (χ3v) is 6.10. The van der Waals surface area contributed by atoms with Gasteiger partial charge in [0.25, 0.3) is 0 Å². The summed E-state index contributed by atoms with van der Waals surface area (Å²) < 4.78 is 18.8. The summed E-state index contributed by atoms with van der Waals surface area (Å²) in [6.45, 7) is 3.26. The summed E-state index contributed by atoms with van der Waals surface area (Å²) in [5.41, 5.74) is 1.48. The van der Waals surface area contributed by atoms with Gasteiger partial charge in [-0.2, -0.15) is 0 Å². The number of piperidine rings is 1. The second-order valence-corrected chi connectivity index (χ2v) is 8.15. The lowest BCUT2D eigenvalue weighted by molar-refractivity contribution is 0.0232. The topological polar surface area (TPSA) is 49.8 Å². The van der Waals surface area contributed by atoms with Crippen LogP contribution < -0.4 is 0 Å². The number of likely N-dealkylation sites (tertiary alicyclic amines) is 1. The molecule has 4 rings (SSSR count). The van der Waals surface area contributed by atoms with Crippen LogP contribution in [0.3, 0.4) is 0 Å². The lowest BCUT2D eigenvalue weighted by Crippen LogP contribution is -2.38. The summed E-state index contributed by atoms with van der Waals surface area (Å²) >= 11 is 0. The van der Waals surface area contributed by atoms with Gasteiger partial charge in [0.1, 0.15) is 11.9 Å². The summed E-state index contributed by atoms with van der Waals surface area (Å²) in [5, 5.41) is 12.7. The lowest BCUT2D eigenvalue weighted by atomic mass is 9.89. The Hall–Kier alpha value is -2.31. The van der Waals surface area contributed by atoms with Gasteiger partial charge in [-0.3, -0.25) is 4.79 Å². The number of fused-ring (bicyclic) bond motifs is 1. The molecule has 3 aromatic rings. The highest BCUT2D eigenvalue weighted by molar-refractivity contribution is 5.97. The normalized spacial score (nSPS) is 15.9. The fraction of sp³-hybridized carbons (Fsp3) is 0.346. The van der Waals surface area contributed by atoms with Gasteiger partial charge in [0.15, 0.2) is 5.78 Å². The van der Waals surface area contributed by atoms with Crippen molar-refractivity contribution in [2.75, 3.05) is 32.8 Å². The van der Waals surface area contributed by atoms with E-state index in [0.29, 0.717) is 12.2 Å². The zero-order valence-corrected chi connectivity index (χ0v) is 18.8. The lowest BCUT2D eigenvalue weighted by Gasteiger charge is -2.31. The van der Waals surface area contributed by atoms with Crippen molar-refractivity contribution < 1.29 is 19.0 Å². The van der Waals surface area contributed by atoms with Crippen molar-refractivity contribution in [3.63, 3.8) is 0 Å². The van der Waals surface area contributed by atoms with Crippen LogP contribution in [-0.2, 0) is 4.74 Å². The van der Waals surface area contributed by atoms with Crippen LogP contribution in [0.5, 0.6) is 0 Å². The Bertz CT molecular complexity index is 1010. The third kappa shape index (κ3) is 5.93. The monoisotopic (exact) mass is 457 g/mol. The van der Waals surface area contributed by atoms with Crippen molar-refractivity contribution in [1.29, 1.82) is 0 Å². The van der Waals surface area contributed by atoms with Gasteiger partial charge in [-0.1, -0.05) is 42.5 Å². The van der Waals surface area contributed by atoms with E-state index in [-0.39, 0.29) is 36.5 Å². The highest BCUT2D eigenvalue weighted by Crippen LogP contribution is 2.25. The van der Waals surface area contributed by atoms with Crippen LogP contribution in [0.15, 0.2) is 66.7 Å². The predicted octanol–water partition coefficient (Wildman–Crippen LogP) is 5.05. The van der Waals surface area contributed by atoms with Gasteiger partial charge in [0.05, 0.1) is 13.2 Å². The van der Waals surface area contributed by atoms with Gasteiger partial charge < -0.3 is 14.7 Å². The molecular weight excluding hydrogens is 429 g/mol. The zero-order valence-electron chi connectivity index (χ0n) is 18.0. The summed E-state index contributed by atoms with van der Waals surface area (Å²) in [6.07, 6.45) is 0.939. The van der Waals surface area contributed by atoms with E-state index in [1.807, 2.05) is 42.5 Å². The molecule has 1 heterocycles. The molecule has 6 heteroatoms. The second-order valence-electron chi connectivity index (χ2n) is 8.15. The Morgan fingerprint density at radius 3 is 2.47 bits per heavy atom. The molecule has 3 aromatic carbocycles. The highest BCUT2D eigenvalue weighted by Gasteiger charge is 2.25. The Kier molecular flexibility index (Phi) is 8.76. The molecule has 32 heavy (non-hydrogen) atoms. The minimum absolute atomic E-state index is 0. The quantitative estimate of drug-likeness (QED) is 0.380. The summed E-state index contributed by atoms with van der Waals surface area (Å²) in [5.74, 6) is -0.220. The van der Waals surface area contributed by atoms with Crippen LogP contribution in [0.25, 0.3) is 10.8 Å². The number of halogens is 2. The van der Waals surface area contributed by atoms with Crippen LogP contribution in [0.1, 0.15) is 34.9 Å². The molecule has 0 saturated carbocycles. The third-order valence-electron chi connectivity index (χ3n) is 6.10. The Morgan fingerprint density at radius 1 is 1.03 bits per heavy atom. The van der Waals surface area contributed by atoms with Crippen molar-refractivity contribution in [2.45, 2.75) is 18.9 Å². The molecule has 1 atom stereocenters. The van der Waals surface area contributed by atoms with Crippen molar-refractivity contribution in [2.24, 2.45) is 5.92 Å². The number of aliphatic hydroxyl groups is 1. The molecule has 1 unspecified atom stereocenters. The number of ether oxygens (including phenoxy) is 1. The first-order valence-corrected chi connectivity index (χ1v) is 10.9. The minimum atomic E-state index is -0.662. The van der Waals surface area contributed by atoms with Crippen LogP contribution in [0.2, 0.25) is 0 Å². The van der Waals surface area contributed by atoms with Gasteiger partial charge >= 0.3 is 0 Å². The fourth-order valence-corrected chi connectivity index (χ4v) is 4.29. The fourth-order valence-electron chi connectivity index (χ4n) is 4.29. The second kappa shape index (κ2) is 11.5. The van der Waals surface area contributed by atoms with Gasteiger partial charge in [-0.05, 0) is 66.5 Å². The van der Waals surface area contributed by atoms with E-state index >= 15 is 0 Å². The summed E-state index contributed by atoms with van der Waals surface area (Å²) in [6, 6.07) is 19.8. The van der Waals surface area contributed by atoms with E-state index in [4.69, 9.17) is 4.74 Å². The molecule has 1 N–H and O–H groups in total. The number of benzene rings is 3. The van der Waals surface area contributed by atoms with E-state index in [9.17, 15) is 14.3 Å². The van der Waals surface area contributed by atoms with Crippen LogP contribution in [0, 0.1) is 11.7 Å². The van der Waals surface area contributed by atoms with Crippen LogP contribution >= 0.6 is 12.4 Å². The molecule has 1 aliphatic heterocycles. The number of nitrogens with zero attached hydrogens (tertiary/aromatic N) is 1. The maximum absolute atomic E-state index is 13.1. The molecule has 1 saturated heterocycles. The molecule has 0 aliphatic carbocycles. The first kappa shape index (κ1) is 24.3. The smallest absolute Gasteiger partial charge is 0.166 e. The Morgan fingerprint density at radius 2 is 1.72 bits per heavy atom. The number of rotatable bonds is 8. The molecule has 0 aromatic heterocycles. The van der Waals surface area contributed by atoms with Gasteiger partial charge in [-0.15, -0.1) is 12.4 Å². The van der Waals surface area contributed by atoms with E-state index < -0.39 is 6.10 Å². The molecule has 4 nitrogen and oxygen atoms in total. The van der Waals surface area contributed by atoms with E-state index in [1.165, 1.54) is 12.1 Å². The van der Waals surface area contributed by atoms with Crippen molar-refractivity contribution >= 4 is 29.0 Å². The van der Waals surface area contributed by atoms with E-state index in [0.717, 1.165) is 48.8 Å². The van der Waals surface area contributed by atoms with Gasteiger partial charge in [0, 0.05) is 18.0 Å². The highest BCUT2D eigenvalue weighted by atomic mass is 35.5. The summed E-state index contributed by atoms with van der Waals surface area (Å²) in [4.78, 5) is 14.9. The average molecular weight is 458 g/mol. The predicted molar refractivity (Wildman–Crippen MR) is 127 cm³/mol. The van der Waals surface area contributed by atoms with Gasteiger partial charge in [-0.25, -0.2) is 4.39 Å². The maximum atomic E-state index is 13.1. The number of ketones is 1. The van der Waals surface area contributed by atoms with Crippen LogP contribution in [0.4, 0.5) is 4.39 Å². The largest absolute Gasteiger partial charge is 0.386 e. The van der Waals surface area contributed by atoms with E-state index in [2.05, 4.69) is 4.90 Å². The summed E-state index contributed by atoms with van der Waals surface area (Å²) in [7, 11) is 0. The van der Waals surface area contributed by atoms with Crippen molar-refractivity contribution in [1.82, 2.24) is 4.90 Å². The van der Waals surface area contributed by atoms with Crippen LogP contribution in [-0.4, -0.2) is 48.6 Å². The number of hydrogen-bond donors (Lipinski definition) is 1. The van der Waals surface area contributed by atoms with Crippen molar-refractivity contribution in [3.8, 4) is 0 Å². The average Bonchev–Trinajstić information content (AvgIpc) is 2.82. The Balaban J connectivity index is 0.00000289. The Labute approximate surface area is 194 Å². The first-order valence-electron chi connectivity index (χ1n) is 10.9. The SMILES string of the molecule is Cl.O=C(c1ccc(F)cc1)C1CCN(CCOCC(O)c2cccc3ccccc23)CC1. The molecule has 1 fully saturated rings. The first-order chi connectivity index (χ1) is 15.1. The van der Waals surface area contributed by atoms with Crippen molar-refractivity contribution in [3.05, 3.63) is 83.7 Å². The molecular formula is C26H29ClFNO3. The maximum Gasteiger partial charge on any atom is 0.166 e. The standard InChI is InChI=1S/C26H28FNO3.ClH/c27-22-10-8-20(9-11-22)26(30)21-12-14-28(15-13-21)16-17-31-18-25(29)24-7-3-5-19-4-1-2-6-23(19)24;/h1-11,21,25,29H,12-18H2;1H. The van der Waals surface area contributed by atoms with E-state index in [1.54, 1.807) is 12.1 Å². The number of carbonyl (C=O) groups excluding carboxylic acids is 1. The molecule has 0 bridgehead atoms. The molecule has 170 valence electrons.